The number of carbonyl (C=O) groups is 1. The Bertz CT molecular complexity index is 802. The molecule has 8 heteroatoms. The molecule has 1 aliphatic heterocycles. The van der Waals surface area contributed by atoms with E-state index in [9.17, 15) is 9.00 Å². The molecule has 3 heterocycles. The fourth-order valence-electron chi connectivity index (χ4n) is 2.71. The second-order valence-electron chi connectivity index (χ2n) is 6.80. The van der Waals surface area contributed by atoms with Crippen LogP contribution in [0.25, 0.3) is 5.82 Å². The second kappa shape index (κ2) is 6.95. The largest absolute Gasteiger partial charge is 0.324 e. The number of rotatable bonds is 2. The lowest BCUT2D eigenvalue weighted by Gasteiger charge is -2.22. The van der Waals surface area contributed by atoms with Crippen molar-refractivity contribution < 1.29 is 9.00 Å². The molecule has 0 bridgehead atoms. The van der Waals surface area contributed by atoms with E-state index in [1.54, 1.807) is 28.0 Å². The van der Waals surface area contributed by atoms with Crippen LogP contribution in [0.4, 0.5) is 10.6 Å². The van der Waals surface area contributed by atoms with Crippen LogP contribution in [0.3, 0.4) is 0 Å². The Balaban J connectivity index is 1.74. The van der Waals surface area contributed by atoms with Crippen molar-refractivity contribution in [2.75, 3.05) is 24.2 Å². The molecule has 0 spiro atoms. The minimum absolute atomic E-state index is 0.205. The summed E-state index contributed by atoms with van der Waals surface area (Å²) in [5.41, 5.74) is 1.06. The number of anilines is 1. The molecule has 25 heavy (non-hydrogen) atoms. The number of carbonyl (C=O) groups excluding carboxylic acids is 1. The van der Waals surface area contributed by atoms with Crippen LogP contribution in [0.15, 0.2) is 30.6 Å². The third kappa shape index (κ3) is 3.89. The van der Waals surface area contributed by atoms with Gasteiger partial charge in [-0.2, -0.15) is 9.78 Å². The summed E-state index contributed by atoms with van der Waals surface area (Å²) in [7, 11) is -0.930. The summed E-state index contributed by atoms with van der Waals surface area (Å²) in [5, 5.41) is 7.15. The second-order valence-corrected chi connectivity index (χ2v) is 9.00. The highest BCUT2D eigenvalue weighted by atomic mass is 32.2. The van der Waals surface area contributed by atoms with Gasteiger partial charge >= 0.3 is 6.03 Å². The normalized spacial score (nSPS) is 20.1. The molecule has 0 aliphatic carbocycles. The average molecular weight is 361 g/mol. The molecule has 2 aromatic rings. The van der Waals surface area contributed by atoms with Gasteiger partial charge in [-0.15, -0.1) is 0 Å². The van der Waals surface area contributed by atoms with E-state index in [0.717, 1.165) is 5.56 Å². The van der Waals surface area contributed by atoms with E-state index in [1.165, 1.54) is 0 Å². The molecule has 1 fully saturated rings. The summed E-state index contributed by atoms with van der Waals surface area (Å²) in [6.07, 6.45) is 4.05. The minimum Gasteiger partial charge on any atom is -0.324 e. The first-order valence-corrected chi connectivity index (χ1v) is 9.60. The topological polar surface area (TPSA) is 80.1 Å². The standard InChI is InChI=1S/C17H23N5O2S/c1-13-4-7-18-15(12-13)22-14(5-8-19-22)20-16(23)21-9-6-17(2,3)25(24)11-10-21/h4-5,7-8,12H,6,9-11H2,1-3H3,(H,20,23). The Morgan fingerprint density at radius 2 is 2.08 bits per heavy atom. The first kappa shape index (κ1) is 17.6. The highest BCUT2D eigenvalue weighted by molar-refractivity contribution is 7.86. The fraction of sp³-hybridized carbons (Fsp3) is 0.471. The Labute approximate surface area is 149 Å². The zero-order valence-corrected chi connectivity index (χ0v) is 15.5. The van der Waals surface area contributed by atoms with Crippen LogP contribution in [-0.4, -0.2) is 53.5 Å². The molecule has 1 saturated heterocycles. The monoisotopic (exact) mass is 361 g/mol. The SMILES string of the molecule is Cc1ccnc(-n2nccc2NC(=O)N2CCS(=O)C(C)(C)CC2)c1. The molecular formula is C17H23N5O2S. The van der Waals surface area contributed by atoms with Crippen LogP contribution >= 0.6 is 0 Å². The van der Waals surface area contributed by atoms with Crippen LogP contribution in [0.5, 0.6) is 0 Å². The van der Waals surface area contributed by atoms with Gasteiger partial charge in [0.1, 0.15) is 5.82 Å². The lowest BCUT2D eigenvalue weighted by atomic mass is 10.1. The van der Waals surface area contributed by atoms with Gasteiger partial charge in [-0.3, -0.25) is 9.53 Å². The number of amides is 2. The van der Waals surface area contributed by atoms with Crippen molar-refractivity contribution in [2.24, 2.45) is 0 Å². The molecule has 1 aliphatic rings. The van der Waals surface area contributed by atoms with Gasteiger partial charge in [0, 0.05) is 46.7 Å². The number of hydrogen-bond acceptors (Lipinski definition) is 4. The summed E-state index contributed by atoms with van der Waals surface area (Å²) in [5.74, 6) is 1.71. The van der Waals surface area contributed by atoms with Crippen molar-refractivity contribution in [2.45, 2.75) is 31.9 Å². The van der Waals surface area contributed by atoms with Gasteiger partial charge in [0.2, 0.25) is 0 Å². The van der Waals surface area contributed by atoms with Gasteiger partial charge in [0.05, 0.1) is 6.20 Å². The van der Waals surface area contributed by atoms with E-state index < -0.39 is 10.8 Å². The molecule has 134 valence electrons. The van der Waals surface area contributed by atoms with Crippen molar-refractivity contribution in [1.29, 1.82) is 0 Å². The molecule has 1 unspecified atom stereocenters. The van der Waals surface area contributed by atoms with Gasteiger partial charge in [-0.05, 0) is 44.9 Å². The summed E-state index contributed by atoms with van der Waals surface area (Å²) in [4.78, 5) is 18.7. The molecule has 2 aromatic heterocycles. The Morgan fingerprint density at radius 3 is 2.84 bits per heavy atom. The molecule has 0 radical (unpaired) electrons. The van der Waals surface area contributed by atoms with Gasteiger partial charge in [0.25, 0.3) is 0 Å². The summed E-state index contributed by atoms with van der Waals surface area (Å²) in [6, 6.07) is 5.34. The van der Waals surface area contributed by atoms with E-state index in [-0.39, 0.29) is 10.8 Å². The molecule has 3 rings (SSSR count). The number of aryl methyl sites for hydroxylation is 1. The molecule has 7 nitrogen and oxygen atoms in total. The smallest absolute Gasteiger partial charge is 0.323 e. The van der Waals surface area contributed by atoms with Gasteiger partial charge < -0.3 is 4.90 Å². The van der Waals surface area contributed by atoms with Gasteiger partial charge in [-0.25, -0.2) is 9.78 Å². The highest BCUT2D eigenvalue weighted by Gasteiger charge is 2.31. The highest BCUT2D eigenvalue weighted by Crippen LogP contribution is 2.22. The number of urea groups is 1. The van der Waals surface area contributed by atoms with E-state index in [2.05, 4.69) is 15.4 Å². The minimum atomic E-state index is -0.930. The van der Waals surface area contributed by atoms with Crippen molar-refractivity contribution >= 4 is 22.6 Å². The molecular weight excluding hydrogens is 338 g/mol. The van der Waals surface area contributed by atoms with Crippen LogP contribution < -0.4 is 5.32 Å². The maximum Gasteiger partial charge on any atom is 0.323 e. The quantitative estimate of drug-likeness (QED) is 0.890. The molecule has 2 amide bonds. The Hall–Kier alpha value is -2.22. The Kier molecular flexibility index (Phi) is 4.89. The van der Waals surface area contributed by atoms with E-state index >= 15 is 0 Å². The van der Waals surface area contributed by atoms with Crippen LogP contribution in [0.1, 0.15) is 25.8 Å². The van der Waals surface area contributed by atoms with E-state index in [4.69, 9.17) is 0 Å². The number of aromatic nitrogens is 3. The maximum absolute atomic E-state index is 12.6. The zero-order chi connectivity index (χ0) is 18.0. The van der Waals surface area contributed by atoms with Crippen molar-refractivity contribution in [3.63, 3.8) is 0 Å². The number of nitrogens with one attached hydrogen (secondary N) is 1. The van der Waals surface area contributed by atoms with E-state index in [1.807, 2.05) is 32.9 Å². The summed E-state index contributed by atoms with van der Waals surface area (Å²) >= 11 is 0. The maximum atomic E-state index is 12.6. The summed E-state index contributed by atoms with van der Waals surface area (Å²) in [6.45, 7) is 7.03. The predicted octanol–water partition coefficient (Wildman–Crippen LogP) is 2.34. The Morgan fingerprint density at radius 1 is 1.28 bits per heavy atom. The van der Waals surface area contributed by atoms with Crippen LogP contribution in [0, 0.1) is 6.92 Å². The van der Waals surface area contributed by atoms with E-state index in [0.29, 0.717) is 36.9 Å². The van der Waals surface area contributed by atoms with Gasteiger partial charge in [-0.1, -0.05) is 0 Å². The van der Waals surface area contributed by atoms with Crippen LogP contribution in [-0.2, 0) is 10.8 Å². The predicted molar refractivity (Wildman–Crippen MR) is 98.4 cm³/mol. The molecule has 0 aromatic carbocycles. The third-order valence-corrected chi connectivity index (χ3v) is 6.42. The summed E-state index contributed by atoms with van der Waals surface area (Å²) < 4.78 is 13.6. The first-order valence-electron chi connectivity index (χ1n) is 8.28. The molecule has 0 saturated carbocycles. The number of pyridine rings is 1. The molecule has 1 N–H and O–H groups in total. The molecule has 1 atom stereocenters. The number of nitrogens with zero attached hydrogens (tertiary/aromatic N) is 4. The fourth-order valence-corrected chi connectivity index (χ4v) is 3.97. The third-order valence-electron chi connectivity index (χ3n) is 4.43. The van der Waals surface area contributed by atoms with Crippen molar-refractivity contribution in [3.05, 3.63) is 36.2 Å². The van der Waals surface area contributed by atoms with Gasteiger partial charge in [0.15, 0.2) is 5.82 Å². The van der Waals surface area contributed by atoms with Crippen LogP contribution in [0.2, 0.25) is 0 Å². The lowest BCUT2D eigenvalue weighted by Crippen LogP contribution is -2.37. The average Bonchev–Trinajstić information content (AvgIpc) is 2.97. The number of hydrogen-bond donors (Lipinski definition) is 1. The van der Waals surface area contributed by atoms with Crippen molar-refractivity contribution in [1.82, 2.24) is 19.7 Å². The zero-order valence-electron chi connectivity index (χ0n) is 14.7. The van der Waals surface area contributed by atoms with Crippen molar-refractivity contribution in [3.8, 4) is 5.82 Å². The lowest BCUT2D eigenvalue weighted by molar-refractivity contribution is 0.214. The first-order chi connectivity index (χ1) is 11.9.